The summed E-state index contributed by atoms with van der Waals surface area (Å²) >= 11 is 3.42. The van der Waals surface area contributed by atoms with E-state index in [-0.39, 0.29) is 11.9 Å². The van der Waals surface area contributed by atoms with Gasteiger partial charge in [0.1, 0.15) is 0 Å². The highest BCUT2D eigenvalue weighted by Gasteiger charge is 2.52. The van der Waals surface area contributed by atoms with Gasteiger partial charge in [0.05, 0.1) is 5.75 Å². The average molecular weight is 447 g/mol. The quantitative estimate of drug-likeness (QED) is 0.657. The lowest BCUT2D eigenvalue weighted by Crippen LogP contribution is -2.37. The van der Waals surface area contributed by atoms with Crippen LogP contribution in [-0.4, -0.2) is 65.5 Å². The predicted octanol–water partition coefficient (Wildman–Crippen LogP) is 3.71. The lowest BCUT2D eigenvalue weighted by atomic mass is 9.76. The van der Waals surface area contributed by atoms with E-state index in [0.717, 1.165) is 39.1 Å². The number of thioether (sulfide) groups is 1. The summed E-state index contributed by atoms with van der Waals surface area (Å²) < 4.78 is 0. The minimum Gasteiger partial charge on any atom is -0.483 e. The Bertz CT molecular complexity index is 800. The highest BCUT2D eigenvalue weighted by atomic mass is 32.2. The van der Waals surface area contributed by atoms with E-state index in [1.807, 2.05) is 6.26 Å². The molecule has 1 amide bonds. The van der Waals surface area contributed by atoms with Crippen LogP contribution in [0.5, 0.6) is 0 Å². The van der Waals surface area contributed by atoms with Gasteiger partial charge in [0, 0.05) is 38.1 Å². The monoisotopic (exact) mass is 446 g/mol. The van der Waals surface area contributed by atoms with Crippen LogP contribution >= 0.6 is 23.1 Å². The van der Waals surface area contributed by atoms with Gasteiger partial charge in [-0.25, -0.2) is 0 Å². The van der Waals surface area contributed by atoms with Gasteiger partial charge in [0.15, 0.2) is 0 Å². The number of thiophene rings is 1. The molecule has 0 saturated carbocycles. The van der Waals surface area contributed by atoms with Crippen molar-refractivity contribution in [3.05, 3.63) is 58.3 Å². The maximum Gasteiger partial charge on any atom is 0.290 e. The Morgan fingerprint density at radius 1 is 1.23 bits per heavy atom. The molecule has 1 aromatic carbocycles. The van der Waals surface area contributed by atoms with Crippen LogP contribution in [-0.2, 0) is 22.6 Å². The number of benzene rings is 1. The van der Waals surface area contributed by atoms with E-state index in [1.165, 1.54) is 17.5 Å². The number of nitrogens with zero attached hydrogens (tertiary/aromatic N) is 2. The van der Waals surface area contributed by atoms with Crippen LogP contribution < -0.4 is 0 Å². The van der Waals surface area contributed by atoms with Crippen molar-refractivity contribution in [3.63, 3.8) is 0 Å². The fourth-order valence-electron chi connectivity index (χ4n) is 4.85. The molecular weight excluding hydrogens is 416 g/mol. The van der Waals surface area contributed by atoms with Crippen LogP contribution in [0.4, 0.5) is 0 Å². The van der Waals surface area contributed by atoms with Crippen molar-refractivity contribution in [2.45, 2.75) is 19.4 Å². The molecule has 30 heavy (non-hydrogen) atoms. The van der Waals surface area contributed by atoms with Crippen molar-refractivity contribution in [1.82, 2.24) is 9.80 Å². The van der Waals surface area contributed by atoms with Gasteiger partial charge in [-0.3, -0.25) is 14.5 Å². The maximum atomic E-state index is 12.5. The first-order valence-electron chi connectivity index (χ1n) is 10.2. The molecule has 1 N–H and O–H groups in total. The Balaban J connectivity index is 0.000000806. The van der Waals surface area contributed by atoms with E-state index in [1.54, 1.807) is 23.1 Å². The Morgan fingerprint density at radius 3 is 2.67 bits per heavy atom. The van der Waals surface area contributed by atoms with Gasteiger partial charge in [-0.05, 0) is 53.0 Å². The second kappa shape index (κ2) is 11.0. The summed E-state index contributed by atoms with van der Waals surface area (Å²) in [7, 11) is 0. The second-order valence-electron chi connectivity index (χ2n) is 8.16. The highest BCUT2D eigenvalue weighted by Crippen LogP contribution is 2.46. The SMILES string of the molecule is CSCC(=O)N1CC2CN(Cc3ccsc3)CC2(CCc2ccccc2)C1.O=CO. The van der Waals surface area contributed by atoms with Crippen molar-refractivity contribution >= 4 is 35.5 Å². The molecule has 0 spiro atoms. The average Bonchev–Trinajstić information content (AvgIpc) is 3.43. The van der Waals surface area contributed by atoms with E-state index < -0.39 is 0 Å². The fraction of sp³-hybridized carbons (Fsp3) is 0.478. The maximum absolute atomic E-state index is 12.5. The molecule has 2 unspecified atom stereocenters. The Hall–Kier alpha value is -1.83. The summed E-state index contributed by atoms with van der Waals surface area (Å²) in [5.74, 6) is 1.53. The van der Waals surface area contributed by atoms with Gasteiger partial charge in [0.2, 0.25) is 5.91 Å². The summed E-state index contributed by atoms with van der Waals surface area (Å²) in [6.07, 6.45) is 4.29. The molecule has 162 valence electrons. The third-order valence-electron chi connectivity index (χ3n) is 6.19. The number of carbonyl (C=O) groups is 2. The molecule has 2 atom stereocenters. The molecule has 1 aromatic heterocycles. The van der Waals surface area contributed by atoms with Crippen LogP contribution in [0, 0.1) is 11.3 Å². The fourth-order valence-corrected chi connectivity index (χ4v) is 5.94. The van der Waals surface area contributed by atoms with Crippen LogP contribution in [0.25, 0.3) is 0 Å². The minimum absolute atomic E-state index is 0.250. The number of fused-ring (bicyclic) bond motifs is 1. The number of hydrogen-bond donors (Lipinski definition) is 1. The van der Waals surface area contributed by atoms with E-state index >= 15 is 0 Å². The van der Waals surface area contributed by atoms with Crippen LogP contribution in [0.3, 0.4) is 0 Å². The van der Waals surface area contributed by atoms with Gasteiger partial charge in [-0.1, -0.05) is 30.3 Å². The first kappa shape index (κ1) is 22.8. The molecule has 0 aliphatic carbocycles. The van der Waals surface area contributed by atoms with E-state index in [0.29, 0.717) is 17.6 Å². The summed E-state index contributed by atoms with van der Waals surface area (Å²) in [4.78, 5) is 25.7. The molecule has 0 bridgehead atoms. The molecule has 7 heteroatoms. The van der Waals surface area contributed by atoms with Crippen molar-refractivity contribution in [2.24, 2.45) is 11.3 Å². The number of aryl methyl sites for hydroxylation is 1. The standard InChI is InChI=1S/C22H28N2OS2.CH2O2/c1-26-15-21(25)24-13-20-12-23(11-19-8-10-27-14-19)16-22(20,17-24)9-7-18-5-3-2-4-6-18;2-1-3/h2-6,8,10,14,20H,7,9,11-13,15-17H2,1H3;1H,(H,2,3). The van der Waals surface area contributed by atoms with Crippen LogP contribution in [0.1, 0.15) is 17.5 Å². The number of amides is 1. The molecule has 2 aliphatic heterocycles. The smallest absolute Gasteiger partial charge is 0.290 e. The van der Waals surface area contributed by atoms with Crippen molar-refractivity contribution < 1.29 is 14.7 Å². The normalized spacial score (nSPS) is 23.0. The summed E-state index contributed by atoms with van der Waals surface area (Å²) in [6.45, 7) is 4.90. The molecule has 2 saturated heterocycles. The second-order valence-corrected chi connectivity index (χ2v) is 9.80. The number of carbonyl (C=O) groups excluding carboxylic acids is 1. The zero-order chi connectivity index (χ0) is 21.4. The summed E-state index contributed by atoms with van der Waals surface area (Å²) in [5.41, 5.74) is 3.09. The van der Waals surface area contributed by atoms with Crippen molar-refractivity contribution in [2.75, 3.05) is 38.2 Å². The van der Waals surface area contributed by atoms with Gasteiger partial charge in [-0.2, -0.15) is 23.1 Å². The van der Waals surface area contributed by atoms with Gasteiger partial charge < -0.3 is 10.0 Å². The lowest BCUT2D eigenvalue weighted by Gasteiger charge is -2.29. The zero-order valence-corrected chi connectivity index (χ0v) is 19.0. The number of rotatable bonds is 7. The minimum atomic E-state index is -0.250. The molecular formula is C23H30N2O3S2. The number of carboxylic acid groups (broad SMARTS) is 1. The molecule has 2 aliphatic rings. The topological polar surface area (TPSA) is 60.9 Å². The van der Waals surface area contributed by atoms with Crippen LogP contribution in [0.2, 0.25) is 0 Å². The summed E-state index contributed by atoms with van der Waals surface area (Å²) in [5, 5.41) is 11.3. The van der Waals surface area contributed by atoms with Gasteiger partial charge in [-0.15, -0.1) is 0 Å². The molecule has 4 rings (SSSR count). The van der Waals surface area contributed by atoms with E-state index in [9.17, 15) is 4.79 Å². The molecule has 0 radical (unpaired) electrons. The first-order chi connectivity index (χ1) is 14.6. The molecule has 2 fully saturated rings. The number of hydrogen-bond acceptors (Lipinski definition) is 5. The highest BCUT2D eigenvalue weighted by molar-refractivity contribution is 7.99. The van der Waals surface area contributed by atoms with Crippen molar-refractivity contribution in [1.29, 1.82) is 0 Å². The zero-order valence-electron chi connectivity index (χ0n) is 17.4. The van der Waals surface area contributed by atoms with E-state index in [2.05, 4.69) is 57.0 Å². The Morgan fingerprint density at radius 2 is 2.00 bits per heavy atom. The third kappa shape index (κ3) is 5.65. The van der Waals surface area contributed by atoms with Gasteiger partial charge >= 0.3 is 0 Å². The number of likely N-dealkylation sites (tertiary alicyclic amines) is 2. The lowest BCUT2D eigenvalue weighted by molar-refractivity contribution is -0.128. The predicted molar refractivity (Wildman–Crippen MR) is 124 cm³/mol. The summed E-state index contributed by atoms with van der Waals surface area (Å²) in [6, 6.07) is 13.0. The first-order valence-corrected chi connectivity index (χ1v) is 12.6. The Kier molecular flexibility index (Phi) is 8.36. The third-order valence-corrected chi connectivity index (χ3v) is 7.46. The molecule has 5 nitrogen and oxygen atoms in total. The van der Waals surface area contributed by atoms with Crippen molar-refractivity contribution in [3.8, 4) is 0 Å². The molecule has 2 aromatic rings. The largest absolute Gasteiger partial charge is 0.483 e. The van der Waals surface area contributed by atoms with Gasteiger partial charge in [0.25, 0.3) is 6.47 Å². The van der Waals surface area contributed by atoms with Crippen LogP contribution in [0.15, 0.2) is 47.2 Å². The Labute approximate surface area is 187 Å². The van der Waals surface area contributed by atoms with E-state index in [4.69, 9.17) is 9.90 Å². The molecule has 3 heterocycles.